The van der Waals surface area contributed by atoms with Gasteiger partial charge in [0.25, 0.3) is 0 Å². The van der Waals surface area contributed by atoms with Gasteiger partial charge in [0.05, 0.1) is 35.0 Å². The molecule has 1 aliphatic rings. The Hall–Kier alpha value is -3.02. The molecule has 1 aliphatic heterocycles. The maximum absolute atomic E-state index is 12.3. The smallest absolute Gasteiger partial charge is 0.471 e. The molecule has 0 atom stereocenters. The third-order valence-electron chi connectivity index (χ3n) is 4.04. The first-order valence-electron chi connectivity index (χ1n) is 9.34. The Morgan fingerprint density at radius 1 is 0.800 bits per heavy atom. The van der Waals surface area contributed by atoms with Crippen LogP contribution in [0, 0.1) is 0 Å². The molecule has 0 N–H and O–H groups in total. The lowest BCUT2D eigenvalue weighted by molar-refractivity contribution is -0.160. The molecular weight excluding hydrogens is 530 g/mol. The zero-order valence-electron chi connectivity index (χ0n) is 17.2. The van der Waals surface area contributed by atoms with Crippen LogP contribution in [0.5, 0.6) is 5.06 Å². The molecular formula is C18H12F6N4O5S2. The van der Waals surface area contributed by atoms with E-state index >= 15 is 0 Å². The van der Waals surface area contributed by atoms with Crippen molar-refractivity contribution >= 4 is 22.7 Å². The number of hydrogen-bond acceptors (Lipinski definition) is 11. The van der Waals surface area contributed by atoms with Crippen molar-refractivity contribution in [3.05, 3.63) is 40.9 Å². The number of ether oxygens (including phenoxy) is 3. The van der Waals surface area contributed by atoms with Crippen molar-refractivity contribution in [1.29, 1.82) is 0 Å². The van der Waals surface area contributed by atoms with Crippen molar-refractivity contribution in [2.45, 2.75) is 18.6 Å². The number of halogens is 6. The Kier molecular flexibility index (Phi) is 7.11. The molecule has 17 heteroatoms. The van der Waals surface area contributed by atoms with Gasteiger partial charge in [0.1, 0.15) is 0 Å². The average Bonchev–Trinajstić information content (AvgIpc) is 3.62. The van der Waals surface area contributed by atoms with Crippen LogP contribution < -0.4 is 4.74 Å². The van der Waals surface area contributed by atoms with Gasteiger partial charge in [-0.25, -0.2) is 0 Å². The van der Waals surface area contributed by atoms with Crippen LogP contribution in [0.25, 0.3) is 21.4 Å². The van der Waals surface area contributed by atoms with Gasteiger partial charge in [-0.1, -0.05) is 21.7 Å². The quantitative estimate of drug-likeness (QED) is 0.301. The molecule has 5 heterocycles. The highest BCUT2D eigenvalue weighted by Crippen LogP contribution is 2.36. The summed E-state index contributed by atoms with van der Waals surface area (Å²) in [4.78, 5) is 8.25. The van der Waals surface area contributed by atoms with Crippen molar-refractivity contribution in [3.8, 4) is 26.5 Å². The number of methoxy groups -OCH3 is 1. The maximum atomic E-state index is 12.3. The van der Waals surface area contributed by atoms with E-state index in [1.54, 1.807) is 24.3 Å². The molecule has 5 rings (SSSR count). The Balaban J connectivity index is 0.000000168. The lowest BCUT2D eigenvalue weighted by Gasteiger charge is -2.04. The zero-order chi connectivity index (χ0) is 25.2. The molecule has 4 aromatic heterocycles. The van der Waals surface area contributed by atoms with E-state index in [4.69, 9.17) is 14.2 Å². The molecule has 1 fully saturated rings. The number of rotatable bonds is 4. The monoisotopic (exact) mass is 542 g/mol. The summed E-state index contributed by atoms with van der Waals surface area (Å²) in [5.41, 5.74) is 0. The second-order valence-corrected chi connectivity index (χ2v) is 8.60. The third-order valence-corrected chi connectivity index (χ3v) is 6.19. The molecule has 0 aliphatic carbocycles. The van der Waals surface area contributed by atoms with E-state index < -0.39 is 30.4 Å². The Morgan fingerprint density at radius 3 is 1.77 bits per heavy atom. The van der Waals surface area contributed by atoms with Gasteiger partial charge in [-0.05, 0) is 24.3 Å². The minimum absolute atomic E-state index is 0.0958. The largest absolute Gasteiger partial charge is 0.487 e. The summed E-state index contributed by atoms with van der Waals surface area (Å²) < 4.78 is 97.3. The van der Waals surface area contributed by atoms with Crippen LogP contribution >= 0.6 is 22.7 Å². The number of alkyl halides is 6. The minimum atomic E-state index is -4.64. The molecule has 0 saturated carbocycles. The number of thiophene rings is 2. The van der Waals surface area contributed by atoms with E-state index in [-0.39, 0.29) is 11.6 Å². The fourth-order valence-electron chi connectivity index (χ4n) is 2.55. The highest BCUT2D eigenvalue weighted by atomic mass is 32.1. The lowest BCUT2D eigenvalue weighted by Crippen LogP contribution is -2.04. The fourth-order valence-corrected chi connectivity index (χ4v) is 4.23. The summed E-state index contributed by atoms with van der Waals surface area (Å²) in [6.45, 7) is 0.997. The molecule has 188 valence electrons. The molecule has 0 aromatic carbocycles. The van der Waals surface area contributed by atoms with Crippen molar-refractivity contribution < 1.29 is 49.6 Å². The molecule has 0 radical (unpaired) electrons. The van der Waals surface area contributed by atoms with Crippen molar-refractivity contribution in [2.24, 2.45) is 0 Å². The highest BCUT2D eigenvalue weighted by molar-refractivity contribution is 7.17. The van der Waals surface area contributed by atoms with E-state index in [1.807, 2.05) is 0 Å². The summed E-state index contributed by atoms with van der Waals surface area (Å²) in [7, 11) is 1.47. The third kappa shape index (κ3) is 5.98. The number of aromatic nitrogens is 4. The van der Waals surface area contributed by atoms with Gasteiger partial charge in [-0.15, -0.1) is 11.3 Å². The summed E-state index contributed by atoms with van der Waals surface area (Å²) in [5.74, 6) is -2.90. The van der Waals surface area contributed by atoms with Crippen molar-refractivity contribution in [3.63, 3.8) is 0 Å². The predicted octanol–water partition coefficient (Wildman–Crippen LogP) is 5.69. The lowest BCUT2D eigenvalue weighted by atomic mass is 10.4. The first kappa shape index (κ1) is 25.1. The van der Waals surface area contributed by atoms with Gasteiger partial charge in [0, 0.05) is 0 Å². The van der Waals surface area contributed by atoms with Gasteiger partial charge in [-0.3, -0.25) is 0 Å². The first-order chi connectivity index (χ1) is 16.5. The molecule has 35 heavy (non-hydrogen) atoms. The van der Waals surface area contributed by atoms with E-state index in [9.17, 15) is 26.3 Å². The van der Waals surface area contributed by atoms with Gasteiger partial charge in [0.15, 0.2) is 11.4 Å². The van der Waals surface area contributed by atoms with Crippen LogP contribution in [0.1, 0.15) is 22.9 Å². The molecule has 9 nitrogen and oxygen atoms in total. The summed E-state index contributed by atoms with van der Waals surface area (Å²) in [5, 5.41) is 7.13. The van der Waals surface area contributed by atoms with Crippen LogP contribution in [0.2, 0.25) is 0 Å². The van der Waals surface area contributed by atoms with Crippen LogP contribution in [-0.2, 0) is 21.8 Å². The summed E-state index contributed by atoms with van der Waals surface area (Å²) >= 11 is 2.34. The molecule has 0 spiro atoms. The molecule has 0 amide bonds. The maximum Gasteiger partial charge on any atom is 0.471 e. The van der Waals surface area contributed by atoms with Gasteiger partial charge < -0.3 is 23.3 Å². The normalized spacial score (nSPS) is 14.7. The van der Waals surface area contributed by atoms with E-state index in [1.165, 1.54) is 18.4 Å². The first-order valence-corrected chi connectivity index (χ1v) is 11.0. The SMILES string of the molecule is COc1ccc(-c2noc(C(F)(F)F)n2)s1.FC(F)(F)c1nc(-c2ccc(C3OCCO3)s2)no1. The summed E-state index contributed by atoms with van der Waals surface area (Å²) in [6, 6.07) is 6.49. The van der Waals surface area contributed by atoms with Gasteiger partial charge >= 0.3 is 24.1 Å². The van der Waals surface area contributed by atoms with Crippen LogP contribution in [0.3, 0.4) is 0 Å². The Bertz CT molecular complexity index is 1260. The topological polar surface area (TPSA) is 106 Å². The van der Waals surface area contributed by atoms with Crippen LogP contribution in [0.4, 0.5) is 26.3 Å². The Morgan fingerprint density at radius 2 is 1.31 bits per heavy atom. The zero-order valence-corrected chi connectivity index (χ0v) is 18.8. The Labute approximate surface area is 199 Å². The second kappa shape index (κ2) is 9.92. The molecule has 0 unspecified atom stereocenters. The standard InChI is InChI=1S/C10H7F3N2O3S.C8H5F3N2O2S/c11-10(12,13)9-14-7(15-18-9)5-1-2-6(19-5)8-16-3-4-17-8;1-14-5-3-2-4(16-5)6-12-7(15-13-6)8(9,10)11/h1-2,8H,3-4H2;2-3H,1H3. The molecule has 1 saturated heterocycles. The van der Waals surface area contributed by atoms with Gasteiger partial charge in [0.2, 0.25) is 11.6 Å². The van der Waals surface area contributed by atoms with Crippen LogP contribution in [0.15, 0.2) is 33.3 Å². The fraction of sp³-hybridized carbons (Fsp3) is 0.333. The van der Waals surface area contributed by atoms with Crippen LogP contribution in [-0.4, -0.2) is 40.6 Å². The van der Waals surface area contributed by atoms with E-state index in [0.717, 1.165) is 16.2 Å². The summed E-state index contributed by atoms with van der Waals surface area (Å²) in [6.07, 6.45) is -9.72. The van der Waals surface area contributed by atoms with Gasteiger partial charge in [-0.2, -0.15) is 36.3 Å². The van der Waals surface area contributed by atoms with Crippen molar-refractivity contribution in [2.75, 3.05) is 20.3 Å². The minimum Gasteiger partial charge on any atom is -0.487 e. The molecule has 4 aromatic rings. The van der Waals surface area contributed by atoms with E-state index in [0.29, 0.717) is 28.0 Å². The van der Waals surface area contributed by atoms with E-state index in [2.05, 4.69) is 29.3 Å². The number of hydrogen-bond donors (Lipinski definition) is 0. The molecule has 0 bridgehead atoms. The van der Waals surface area contributed by atoms with Crippen molar-refractivity contribution in [1.82, 2.24) is 20.3 Å². The second-order valence-electron chi connectivity index (χ2n) is 6.44. The average molecular weight is 542 g/mol. The predicted molar refractivity (Wildman–Crippen MR) is 106 cm³/mol. The number of nitrogens with zero attached hydrogens (tertiary/aromatic N) is 4. The highest BCUT2D eigenvalue weighted by Gasteiger charge is 2.39.